The van der Waals surface area contributed by atoms with Crippen molar-refractivity contribution in [3.05, 3.63) is 34.0 Å². The Morgan fingerprint density at radius 2 is 2.11 bits per heavy atom. The molecular formula is C12H8Cl2F2O3. The van der Waals surface area contributed by atoms with E-state index in [1.165, 1.54) is 19.1 Å². The van der Waals surface area contributed by atoms with Crippen LogP contribution in [0.4, 0.5) is 8.78 Å². The summed E-state index contributed by atoms with van der Waals surface area (Å²) in [6.45, 7) is 1.28. The molecule has 7 heteroatoms. The topological polar surface area (TPSA) is 39.4 Å². The number of halogens is 4. The van der Waals surface area contributed by atoms with Crippen LogP contribution in [-0.2, 0) is 15.5 Å². The van der Waals surface area contributed by atoms with Crippen molar-refractivity contribution >= 4 is 40.1 Å². The monoisotopic (exact) mass is 308 g/mol. The number of fused-ring (bicyclic) bond motifs is 1. The van der Waals surface area contributed by atoms with Crippen LogP contribution >= 0.6 is 23.2 Å². The fraction of sp³-hybridized carbons (Fsp3) is 0.250. The van der Waals surface area contributed by atoms with Gasteiger partial charge >= 0.3 is 11.9 Å². The van der Waals surface area contributed by atoms with Crippen LogP contribution in [0.25, 0.3) is 11.0 Å². The molecule has 2 aromatic rings. The lowest BCUT2D eigenvalue weighted by Crippen LogP contribution is -2.27. The second kappa shape index (κ2) is 4.98. The fourth-order valence-corrected chi connectivity index (χ4v) is 1.90. The Bertz CT molecular complexity index is 637. The summed E-state index contributed by atoms with van der Waals surface area (Å²) in [5.74, 6) is -6.37. The van der Waals surface area contributed by atoms with Gasteiger partial charge in [-0.05, 0) is 25.1 Å². The van der Waals surface area contributed by atoms with Crippen LogP contribution in [0.5, 0.6) is 0 Å². The van der Waals surface area contributed by atoms with Crippen molar-refractivity contribution < 1.29 is 22.7 Å². The quantitative estimate of drug-likeness (QED) is 0.789. The molecule has 1 aromatic heterocycles. The highest BCUT2D eigenvalue weighted by molar-refractivity contribution is 6.45. The lowest BCUT2D eigenvalue weighted by molar-refractivity contribution is -0.175. The number of hydrogen-bond acceptors (Lipinski definition) is 3. The first kappa shape index (κ1) is 14.1. The van der Waals surface area contributed by atoms with Gasteiger partial charge in [0.2, 0.25) is 0 Å². The van der Waals surface area contributed by atoms with Gasteiger partial charge in [-0.3, -0.25) is 0 Å². The molecule has 3 nitrogen and oxygen atoms in total. The van der Waals surface area contributed by atoms with Gasteiger partial charge in [0.15, 0.2) is 5.76 Å². The van der Waals surface area contributed by atoms with Gasteiger partial charge in [-0.15, -0.1) is 0 Å². The zero-order valence-corrected chi connectivity index (χ0v) is 11.2. The van der Waals surface area contributed by atoms with E-state index >= 15 is 0 Å². The third-order valence-electron chi connectivity index (χ3n) is 2.43. The van der Waals surface area contributed by atoms with E-state index in [0.29, 0.717) is 0 Å². The molecule has 1 heterocycles. The lowest BCUT2D eigenvalue weighted by Gasteiger charge is -2.11. The van der Waals surface area contributed by atoms with E-state index < -0.39 is 17.7 Å². The Hall–Kier alpha value is -1.33. The van der Waals surface area contributed by atoms with Crippen molar-refractivity contribution in [1.29, 1.82) is 0 Å². The predicted molar refractivity (Wildman–Crippen MR) is 66.8 cm³/mol. The number of hydrogen-bond donors (Lipinski definition) is 0. The molecule has 0 aliphatic carbocycles. The molecule has 0 saturated heterocycles. The van der Waals surface area contributed by atoms with Crippen molar-refractivity contribution in [2.24, 2.45) is 0 Å². The highest BCUT2D eigenvalue weighted by Crippen LogP contribution is 2.38. The summed E-state index contributed by atoms with van der Waals surface area (Å²) in [6, 6.07) is 3.80. The van der Waals surface area contributed by atoms with Crippen LogP contribution in [-0.4, -0.2) is 12.6 Å². The molecule has 0 atom stereocenters. The van der Waals surface area contributed by atoms with Crippen molar-refractivity contribution in [2.45, 2.75) is 12.8 Å². The predicted octanol–water partition coefficient (Wildman–Crippen LogP) is 4.39. The molecule has 0 unspecified atom stereocenters. The number of carbonyl (C=O) groups is 1. The van der Waals surface area contributed by atoms with Crippen molar-refractivity contribution in [3.8, 4) is 0 Å². The third kappa shape index (κ3) is 2.40. The van der Waals surface area contributed by atoms with Gasteiger partial charge in [0, 0.05) is 5.39 Å². The maximum absolute atomic E-state index is 13.8. The number of carbonyl (C=O) groups excluding carboxylic acids is 1. The first-order valence-electron chi connectivity index (χ1n) is 5.31. The average Bonchev–Trinajstić information content (AvgIpc) is 2.79. The Kier molecular flexibility index (Phi) is 3.69. The minimum atomic E-state index is -3.87. The molecule has 0 bridgehead atoms. The lowest BCUT2D eigenvalue weighted by atomic mass is 10.2. The molecule has 2 rings (SSSR count). The van der Waals surface area contributed by atoms with Gasteiger partial charge in [0.25, 0.3) is 0 Å². The number of alkyl halides is 2. The van der Waals surface area contributed by atoms with E-state index in [4.69, 9.17) is 27.6 Å². The SMILES string of the molecule is CCOC(=O)C(F)(F)c1cc2c(Cl)c(Cl)ccc2o1. The van der Waals surface area contributed by atoms with E-state index in [2.05, 4.69) is 4.74 Å². The van der Waals surface area contributed by atoms with Gasteiger partial charge in [-0.1, -0.05) is 23.2 Å². The Morgan fingerprint density at radius 3 is 2.74 bits per heavy atom. The van der Waals surface area contributed by atoms with Gasteiger partial charge in [-0.25, -0.2) is 4.79 Å². The Morgan fingerprint density at radius 1 is 1.42 bits per heavy atom. The summed E-state index contributed by atoms with van der Waals surface area (Å²) in [6.07, 6.45) is 0. The first-order chi connectivity index (χ1) is 8.87. The third-order valence-corrected chi connectivity index (χ3v) is 3.25. The smallest absolute Gasteiger partial charge is 0.399 e. The molecule has 0 fully saturated rings. The second-order valence-corrected chi connectivity index (χ2v) is 4.46. The molecule has 0 radical (unpaired) electrons. The zero-order valence-electron chi connectivity index (χ0n) is 9.68. The molecule has 102 valence electrons. The number of rotatable bonds is 3. The van der Waals surface area contributed by atoms with Crippen LogP contribution < -0.4 is 0 Å². The normalized spacial score (nSPS) is 11.8. The Balaban J connectivity index is 2.52. The number of furan rings is 1. The number of benzene rings is 1. The molecule has 0 saturated carbocycles. The standard InChI is InChI=1S/C12H8Cl2F2O3/c1-2-18-11(17)12(15,16)9-5-6-8(19-9)4-3-7(13)10(6)14/h3-5H,2H2,1H3. The molecule has 0 aliphatic heterocycles. The molecule has 19 heavy (non-hydrogen) atoms. The minimum Gasteiger partial charge on any atom is -0.461 e. The maximum Gasteiger partial charge on any atom is 0.399 e. The molecule has 0 amide bonds. The number of esters is 1. The second-order valence-electron chi connectivity index (χ2n) is 3.68. The van der Waals surface area contributed by atoms with Crippen LogP contribution in [0.2, 0.25) is 10.0 Å². The molecule has 0 N–H and O–H groups in total. The molecule has 0 spiro atoms. The van der Waals surface area contributed by atoms with Crippen LogP contribution in [0.1, 0.15) is 12.7 Å². The van der Waals surface area contributed by atoms with E-state index in [0.717, 1.165) is 6.07 Å². The fourth-order valence-electron chi connectivity index (χ4n) is 1.53. The van der Waals surface area contributed by atoms with E-state index in [9.17, 15) is 13.6 Å². The van der Waals surface area contributed by atoms with E-state index in [-0.39, 0.29) is 27.6 Å². The van der Waals surface area contributed by atoms with E-state index in [1.54, 1.807) is 0 Å². The molecular weight excluding hydrogens is 301 g/mol. The molecule has 1 aromatic carbocycles. The summed E-state index contributed by atoms with van der Waals surface area (Å²) in [7, 11) is 0. The Labute approximate surface area is 117 Å². The van der Waals surface area contributed by atoms with Gasteiger partial charge in [0.05, 0.1) is 16.7 Å². The average molecular weight is 309 g/mol. The minimum absolute atomic E-state index is 0.0915. The summed E-state index contributed by atoms with van der Waals surface area (Å²) in [5.41, 5.74) is 0.119. The zero-order chi connectivity index (χ0) is 14.2. The highest BCUT2D eigenvalue weighted by Gasteiger charge is 2.46. The van der Waals surface area contributed by atoms with Crippen LogP contribution in [0.15, 0.2) is 22.6 Å². The van der Waals surface area contributed by atoms with E-state index in [1.807, 2.05) is 0 Å². The van der Waals surface area contributed by atoms with Gasteiger partial charge in [-0.2, -0.15) is 8.78 Å². The van der Waals surface area contributed by atoms with Crippen molar-refractivity contribution in [1.82, 2.24) is 0 Å². The van der Waals surface area contributed by atoms with Crippen LogP contribution in [0, 0.1) is 0 Å². The van der Waals surface area contributed by atoms with Gasteiger partial charge in [0.1, 0.15) is 5.58 Å². The summed E-state index contributed by atoms with van der Waals surface area (Å²) < 4.78 is 36.8. The summed E-state index contributed by atoms with van der Waals surface area (Å²) >= 11 is 11.6. The van der Waals surface area contributed by atoms with Crippen LogP contribution in [0.3, 0.4) is 0 Å². The summed E-state index contributed by atoms with van der Waals surface area (Å²) in [5, 5.41) is 0.517. The number of ether oxygens (including phenoxy) is 1. The summed E-state index contributed by atoms with van der Waals surface area (Å²) in [4.78, 5) is 11.2. The van der Waals surface area contributed by atoms with Crippen molar-refractivity contribution in [2.75, 3.05) is 6.61 Å². The highest BCUT2D eigenvalue weighted by atomic mass is 35.5. The van der Waals surface area contributed by atoms with Crippen molar-refractivity contribution in [3.63, 3.8) is 0 Å². The largest absolute Gasteiger partial charge is 0.461 e. The maximum atomic E-state index is 13.8. The first-order valence-corrected chi connectivity index (χ1v) is 6.06. The molecule has 0 aliphatic rings. The van der Waals surface area contributed by atoms with Gasteiger partial charge < -0.3 is 9.15 Å².